The zero-order valence-corrected chi connectivity index (χ0v) is 14.0. The van der Waals surface area contributed by atoms with Crippen LogP contribution in [0.4, 0.5) is 0 Å². The van der Waals surface area contributed by atoms with Crippen molar-refractivity contribution in [2.75, 3.05) is 7.11 Å². The SMILES string of the molecule is COc1cccc(-n2c(=O)c3ccc(Cl)cc3n(CC(N)=O)c2=O)c1. The summed E-state index contributed by atoms with van der Waals surface area (Å²) in [6.45, 7) is -0.375. The second kappa shape index (κ2) is 6.45. The number of carbonyl (C=O) groups is 1. The van der Waals surface area contributed by atoms with Crippen LogP contribution < -0.4 is 21.7 Å². The number of halogens is 1. The molecular weight excluding hydrogens is 346 g/mol. The van der Waals surface area contributed by atoms with Crippen molar-refractivity contribution in [3.05, 3.63) is 68.3 Å². The van der Waals surface area contributed by atoms with Gasteiger partial charge in [-0.3, -0.25) is 14.2 Å². The maximum atomic E-state index is 12.9. The molecule has 0 unspecified atom stereocenters. The van der Waals surface area contributed by atoms with E-state index in [0.717, 1.165) is 9.13 Å². The molecule has 0 aliphatic carbocycles. The topological polar surface area (TPSA) is 96.3 Å². The zero-order chi connectivity index (χ0) is 18.1. The van der Waals surface area contributed by atoms with Crippen LogP contribution in [0.15, 0.2) is 52.1 Å². The van der Waals surface area contributed by atoms with Crippen molar-refractivity contribution in [3.63, 3.8) is 0 Å². The van der Waals surface area contributed by atoms with E-state index in [0.29, 0.717) is 16.5 Å². The summed E-state index contributed by atoms with van der Waals surface area (Å²) < 4.78 is 7.24. The highest BCUT2D eigenvalue weighted by atomic mass is 35.5. The largest absolute Gasteiger partial charge is 0.497 e. The molecule has 0 aliphatic rings. The molecule has 3 aromatic rings. The molecule has 25 heavy (non-hydrogen) atoms. The van der Waals surface area contributed by atoms with Crippen molar-refractivity contribution in [2.24, 2.45) is 5.73 Å². The Labute approximate surface area is 146 Å². The molecule has 0 radical (unpaired) electrons. The molecule has 0 bridgehead atoms. The zero-order valence-electron chi connectivity index (χ0n) is 13.2. The third-order valence-electron chi connectivity index (χ3n) is 3.73. The van der Waals surface area contributed by atoms with Gasteiger partial charge >= 0.3 is 5.69 Å². The average molecular weight is 360 g/mol. The number of hydrogen-bond acceptors (Lipinski definition) is 4. The minimum Gasteiger partial charge on any atom is -0.497 e. The molecule has 0 atom stereocenters. The molecule has 0 saturated heterocycles. The number of methoxy groups -OCH3 is 1. The molecule has 2 aromatic carbocycles. The summed E-state index contributed by atoms with van der Waals surface area (Å²) in [5.74, 6) is -0.222. The van der Waals surface area contributed by atoms with Gasteiger partial charge in [-0.2, -0.15) is 0 Å². The van der Waals surface area contributed by atoms with E-state index in [-0.39, 0.29) is 17.4 Å². The van der Waals surface area contributed by atoms with Gasteiger partial charge in [0.05, 0.1) is 23.7 Å². The summed E-state index contributed by atoms with van der Waals surface area (Å²) >= 11 is 5.97. The Morgan fingerprint density at radius 2 is 1.96 bits per heavy atom. The number of amides is 1. The molecule has 7 nitrogen and oxygen atoms in total. The van der Waals surface area contributed by atoms with E-state index >= 15 is 0 Å². The molecule has 0 fully saturated rings. The monoisotopic (exact) mass is 359 g/mol. The van der Waals surface area contributed by atoms with Crippen LogP contribution in [0.1, 0.15) is 0 Å². The number of fused-ring (bicyclic) bond motifs is 1. The lowest BCUT2D eigenvalue weighted by Gasteiger charge is -2.13. The molecule has 3 rings (SSSR count). The third-order valence-corrected chi connectivity index (χ3v) is 3.97. The van der Waals surface area contributed by atoms with Crippen LogP contribution in [-0.2, 0) is 11.3 Å². The fraction of sp³-hybridized carbons (Fsp3) is 0.118. The number of hydrogen-bond donors (Lipinski definition) is 1. The minimum atomic E-state index is -0.709. The summed E-state index contributed by atoms with van der Waals surface area (Å²) in [5, 5.41) is 0.580. The Balaban J connectivity index is 2.44. The molecule has 0 saturated carbocycles. The number of ether oxygens (including phenoxy) is 1. The molecule has 0 aliphatic heterocycles. The van der Waals surface area contributed by atoms with Crippen LogP contribution in [0, 0.1) is 0 Å². The molecular formula is C17H14ClN3O4. The second-order valence-electron chi connectivity index (χ2n) is 5.34. The highest BCUT2D eigenvalue weighted by molar-refractivity contribution is 6.31. The number of rotatable bonds is 4. The Morgan fingerprint density at radius 3 is 2.64 bits per heavy atom. The van der Waals surface area contributed by atoms with Crippen molar-refractivity contribution in [1.29, 1.82) is 0 Å². The van der Waals surface area contributed by atoms with Gasteiger partial charge in [0.2, 0.25) is 5.91 Å². The van der Waals surface area contributed by atoms with Crippen molar-refractivity contribution in [3.8, 4) is 11.4 Å². The number of benzene rings is 2. The Bertz CT molecular complexity index is 1100. The van der Waals surface area contributed by atoms with Crippen LogP contribution in [-0.4, -0.2) is 22.2 Å². The summed E-state index contributed by atoms with van der Waals surface area (Å²) in [5.41, 5.74) is 4.62. The van der Waals surface area contributed by atoms with Gasteiger partial charge in [0.25, 0.3) is 5.56 Å². The molecule has 2 N–H and O–H groups in total. The van der Waals surface area contributed by atoms with E-state index in [1.807, 2.05) is 0 Å². The molecule has 1 heterocycles. The quantitative estimate of drug-likeness (QED) is 0.759. The normalized spacial score (nSPS) is 10.8. The van der Waals surface area contributed by atoms with Gasteiger partial charge in [-0.05, 0) is 30.3 Å². The lowest BCUT2D eigenvalue weighted by molar-refractivity contribution is -0.118. The van der Waals surface area contributed by atoms with E-state index < -0.39 is 17.2 Å². The van der Waals surface area contributed by atoms with E-state index in [1.165, 1.54) is 19.2 Å². The number of carbonyl (C=O) groups excluding carboxylic acids is 1. The Morgan fingerprint density at radius 1 is 1.20 bits per heavy atom. The highest BCUT2D eigenvalue weighted by Crippen LogP contribution is 2.18. The summed E-state index contributed by atoms with van der Waals surface area (Å²) in [4.78, 5) is 37.1. The van der Waals surface area contributed by atoms with E-state index in [9.17, 15) is 14.4 Å². The molecule has 1 aromatic heterocycles. The predicted octanol–water partition coefficient (Wildman–Crippen LogP) is 1.30. The number of primary amides is 1. The number of nitrogens with zero attached hydrogens (tertiary/aromatic N) is 2. The highest BCUT2D eigenvalue weighted by Gasteiger charge is 2.16. The van der Waals surface area contributed by atoms with Gasteiger partial charge in [-0.1, -0.05) is 17.7 Å². The van der Waals surface area contributed by atoms with Gasteiger partial charge < -0.3 is 10.5 Å². The van der Waals surface area contributed by atoms with Crippen molar-refractivity contribution >= 4 is 28.4 Å². The van der Waals surface area contributed by atoms with Gasteiger partial charge in [-0.25, -0.2) is 9.36 Å². The van der Waals surface area contributed by atoms with Crippen molar-refractivity contribution < 1.29 is 9.53 Å². The van der Waals surface area contributed by atoms with E-state index in [2.05, 4.69) is 0 Å². The first-order chi connectivity index (χ1) is 11.9. The van der Waals surface area contributed by atoms with Gasteiger partial charge in [0, 0.05) is 11.1 Å². The first-order valence-corrected chi connectivity index (χ1v) is 7.68. The van der Waals surface area contributed by atoms with Crippen LogP contribution in [0.25, 0.3) is 16.6 Å². The summed E-state index contributed by atoms with van der Waals surface area (Å²) in [6, 6.07) is 11.0. The van der Waals surface area contributed by atoms with Crippen LogP contribution in [0.5, 0.6) is 5.75 Å². The van der Waals surface area contributed by atoms with Crippen LogP contribution in [0.3, 0.4) is 0 Å². The predicted molar refractivity (Wildman–Crippen MR) is 94.6 cm³/mol. The third kappa shape index (κ3) is 3.01. The lowest BCUT2D eigenvalue weighted by Crippen LogP contribution is -2.41. The Kier molecular flexibility index (Phi) is 4.33. The van der Waals surface area contributed by atoms with E-state index in [4.69, 9.17) is 22.1 Å². The summed E-state index contributed by atoms with van der Waals surface area (Å²) in [6.07, 6.45) is 0. The summed E-state index contributed by atoms with van der Waals surface area (Å²) in [7, 11) is 1.48. The maximum Gasteiger partial charge on any atom is 0.336 e. The smallest absolute Gasteiger partial charge is 0.336 e. The van der Waals surface area contributed by atoms with Crippen molar-refractivity contribution in [2.45, 2.75) is 6.54 Å². The molecule has 8 heteroatoms. The maximum absolute atomic E-state index is 12.9. The van der Waals surface area contributed by atoms with Crippen LogP contribution >= 0.6 is 11.6 Å². The number of aromatic nitrogens is 2. The second-order valence-corrected chi connectivity index (χ2v) is 5.77. The van der Waals surface area contributed by atoms with E-state index in [1.54, 1.807) is 30.3 Å². The Hall–Kier alpha value is -3.06. The average Bonchev–Trinajstić information content (AvgIpc) is 2.58. The molecule has 128 valence electrons. The van der Waals surface area contributed by atoms with Crippen LogP contribution in [0.2, 0.25) is 5.02 Å². The first kappa shape index (κ1) is 16.8. The van der Waals surface area contributed by atoms with Gasteiger partial charge in [0.1, 0.15) is 12.3 Å². The fourth-order valence-corrected chi connectivity index (χ4v) is 2.79. The van der Waals surface area contributed by atoms with Crippen molar-refractivity contribution in [1.82, 2.24) is 9.13 Å². The van der Waals surface area contributed by atoms with Gasteiger partial charge in [0.15, 0.2) is 0 Å². The lowest BCUT2D eigenvalue weighted by atomic mass is 10.2. The molecule has 0 spiro atoms. The number of nitrogens with two attached hydrogens (primary N) is 1. The molecule has 1 amide bonds. The first-order valence-electron chi connectivity index (χ1n) is 7.30. The fourth-order valence-electron chi connectivity index (χ4n) is 2.63. The standard InChI is InChI=1S/C17H14ClN3O4/c1-25-12-4-2-3-11(8-12)21-16(23)13-6-5-10(18)7-14(13)20(17(21)24)9-15(19)22/h2-8H,9H2,1H3,(H2,19,22). The van der Waals surface area contributed by atoms with Gasteiger partial charge in [-0.15, -0.1) is 0 Å². The minimum absolute atomic E-state index is 0.244.